The summed E-state index contributed by atoms with van der Waals surface area (Å²) in [5, 5.41) is 3.62. The first kappa shape index (κ1) is 15.9. The van der Waals surface area contributed by atoms with Gasteiger partial charge in [0.25, 0.3) is 0 Å². The molecule has 1 aromatic carbocycles. The van der Waals surface area contributed by atoms with Crippen molar-refractivity contribution < 1.29 is 18.9 Å². The van der Waals surface area contributed by atoms with Crippen molar-refractivity contribution in [3.63, 3.8) is 0 Å². The van der Waals surface area contributed by atoms with E-state index in [1.54, 1.807) is 21.3 Å². The highest BCUT2D eigenvalue weighted by molar-refractivity contribution is 5.53. The van der Waals surface area contributed by atoms with Crippen molar-refractivity contribution in [2.45, 2.75) is 31.8 Å². The SMILES string of the molecule is COc1cc(CNC2(C)CCOCC2)cc(OC)c1OC. The van der Waals surface area contributed by atoms with Crippen LogP contribution < -0.4 is 19.5 Å². The molecule has 1 aliphatic rings. The summed E-state index contributed by atoms with van der Waals surface area (Å²) in [5.41, 5.74) is 1.23. The van der Waals surface area contributed by atoms with Crippen molar-refractivity contribution in [2.75, 3.05) is 34.5 Å². The summed E-state index contributed by atoms with van der Waals surface area (Å²) in [6, 6.07) is 3.97. The van der Waals surface area contributed by atoms with Crippen LogP contribution in [0.25, 0.3) is 0 Å². The van der Waals surface area contributed by atoms with E-state index in [-0.39, 0.29) is 5.54 Å². The van der Waals surface area contributed by atoms with Gasteiger partial charge in [0.2, 0.25) is 5.75 Å². The first-order valence-electron chi connectivity index (χ1n) is 7.23. The molecule has 0 saturated carbocycles. The van der Waals surface area contributed by atoms with Gasteiger partial charge in [-0.1, -0.05) is 0 Å². The third kappa shape index (κ3) is 3.80. The summed E-state index contributed by atoms with van der Waals surface area (Å²) in [5.74, 6) is 2.00. The van der Waals surface area contributed by atoms with Crippen LogP contribution in [0.3, 0.4) is 0 Å². The van der Waals surface area contributed by atoms with E-state index in [4.69, 9.17) is 18.9 Å². The van der Waals surface area contributed by atoms with E-state index < -0.39 is 0 Å². The molecule has 1 N–H and O–H groups in total. The highest BCUT2D eigenvalue weighted by atomic mass is 16.5. The van der Waals surface area contributed by atoms with Gasteiger partial charge in [-0.2, -0.15) is 0 Å². The maximum Gasteiger partial charge on any atom is 0.203 e. The van der Waals surface area contributed by atoms with Crippen molar-refractivity contribution in [1.29, 1.82) is 0 Å². The molecule has 1 aliphatic heterocycles. The highest BCUT2D eigenvalue weighted by Gasteiger charge is 2.26. The number of hydrogen-bond donors (Lipinski definition) is 1. The highest BCUT2D eigenvalue weighted by Crippen LogP contribution is 2.38. The maximum absolute atomic E-state index is 5.42. The number of hydrogen-bond acceptors (Lipinski definition) is 5. The fraction of sp³-hybridized carbons (Fsp3) is 0.625. The summed E-state index contributed by atoms with van der Waals surface area (Å²) in [6.45, 7) is 4.64. The van der Waals surface area contributed by atoms with Gasteiger partial charge in [-0.05, 0) is 37.5 Å². The second-order valence-electron chi connectivity index (χ2n) is 5.56. The fourth-order valence-corrected chi connectivity index (χ4v) is 2.55. The Morgan fingerprint density at radius 3 is 2.10 bits per heavy atom. The normalized spacial score (nSPS) is 17.3. The average molecular weight is 295 g/mol. The van der Waals surface area contributed by atoms with E-state index in [0.29, 0.717) is 17.2 Å². The number of nitrogens with one attached hydrogen (secondary N) is 1. The second kappa shape index (κ2) is 7.00. The van der Waals surface area contributed by atoms with Crippen molar-refractivity contribution in [3.05, 3.63) is 17.7 Å². The van der Waals surface area contributed by atoms with Gasteiger partial charge in [0.15, 0.2) is 11.5 Å². The van der Waals surface area contributed by atoms with Gasteiger partial charge in [0.1, 0.15) is 0 Å². The molecular weight excluding hydrogens is 270 g/mol. The molecule has 1 aromatic rings. The first-order valence-corrected chi connectivity index (χ1v) is 7.23. The molecule has 0 unspecified atom stereocenters. The van der Waals surface area contributed by atoms with Gasteiger partial charge in [-0.15, -0.1) is 0 Å². The van der Waals surface area contributed by atoms with Crippen LogP contribution in [-0.4, -0.2) is 40.1 Å². The molecule has 0 atom stereocenters. The summed E-state index contributed by atoms with van der Waals surface area (Å²) in [6.07, 6.45) is 2.05. The molecule has 0 aliphatic carbocycles. The van der Waals surface area contributed by atoms with Crippen LogP contribution in [0.5, 0.6) is 17.2 Å². The fourth-order valence-electron chi connectivity index (χ4n) is 2.55. The summed E-state index contributed by atoms with van der Waals surface area (Å²) >= 11 is 0. The molecule has 0 amide bonds. The summed E-state index contributed by atoms with van der Waals surface area (Å²) < 4.78 is 21.5. The number of benzene rings is 1. The average Bonchev–Trinajstić information content (AvgIpc) is 2.52. The van der Waals surface area contributed by atoms with Crippen LogP contribution >= 0.6 is 0 Å². The van der Waals surface area contributed by atoms with Crippen LogP contribution in [0.1, 0.15) is 25.3 Å². The Balaban J connectivity index is 2.12. The lowest BCUT2D eigenvalue weighted by atomic mass is 9.92. The van der Waals surface area contributed by atoms with E-state index in [1.165, 1.54) is 0 Å². The van der Waals surface area contributed by atoms with Gasteiger partial charge in [0, 0.05) is 25.3 Å². The van der Waals surface area contributed by atoms with E-state index in [1.807, 2.05) is 12.1 Å². The Hall–Kier alpha value is -1.46. The molecule has 1 saturated heterocycles. The molecule has 1 heterocycles. The maximum atomic E-state index is 5.42. The second-order valence-corrected chi connectivity index (χ2v) is 5.56. The summed E-state index contributed by atoms with van der Waals surface area (Å²) in [7, 11) is 4.88. The zero-order chi connectivity index (χ0) is 15.3. The molecule has 0 spiro atoms. The molecule has 5 heteroatoms. The molecule has 21 heavy (non-hydrogen) atoms. The molecule has 1 fully saturated rings. The van der Waals surface area contributed by atoms with E-state index >= 15 is 0 Å². The molecule has 0 bridgehead atoms. The minimum absolute atomic E-state index is 0.124. The quantitative estimate of drug-likeness (QED) is 0.873. The van der Waals surface area contributed by atoms with E-state index in [0.717, 1.165) is 38.2 Å². The number of methoxy groups -OCH3 is 3. The molecular formula is C16H25NO4. The van der Waals surface area contributed by atoms with Crippen molar-refractivity contribution in [3.8, 4) is 17.2 Å². The lowest BCUT2D eigenvalue weighted by molar-refractivity contribution is 0.0446. The molecule has 0 radical (unpaired) electrons. The topological polar surface area (TPSA) is 49.0 Å². The van der Waals surface area contributed by atoms with Crippen molar-refractivity contribution >= 4 is 0 Å². The van der Waals surface area contributed by atoms with Crippen LogP contribution in [0.4, 0.5) is 0 Å². The van der Waals surface area contributed by atoms with Gasteiger partial charge < -0.3 is 24.3 Å². The Morgan fingerprint density at radius 2 is 1.62 bits per heavy atom. The molecule has 118 valence electrons. The minimum Gasteiger partial charge on any atom is -0.493 e. The van der Waals surface area contributed by atoms with Gasteiger partial charge in [-0.3, -0.25) is 0 Å². The van der Waals surface area contributed by atoms with Crippen LogP contribution in [0, 0.1) is 0 Å². The van der Waals surface area contributed by atoms with Crippen molar-refractivity contribution in [1.82, 2.24) is 5.32 Å². The minimum atomic E-state index is 0.124. The molecule has 5 nitrogen and oxygen atoms in total. The zero-order valence-corrected chi connectivity index (χ0v) is 13.3. The molecule has 2 rings (SSSR count). The molecule has 0 aromatic heterocycles. The largest absolute Gasteiger partial charge is 0.493 e. The standard InChI is InChI=1S/C16H25NO4/c1-16(5-7-21-8-6-16)17-11-12-9-13(18-2)15(20-4)14(10-12)19-3/h9-10,17H,5-8,11H2,1-4H3. The third-order valence-electron chi connectivity index (χ3n) is 4.04. The van der Waals surface area contributed by atoms with Crippen LogP contribution in [-0.2, 0) is 11.3 Å². The Kier molecular flexibility index (Phi) is 5.31. The monoisotopic (exact) mass is 295 g/mol. The van der Waals surface area contributed by atoms with E-state index in [9.17, 15) is 0 Å². The zero-order valence-electron chi connectivity index (χ0n) is 13.3. The predicted molar refractivity (Wildman–Crippen MR) is 81.4 cm³/mol. The number of ether oxygens (including phenoxy) is 4. The first-order chi connectivity index (χ1) is 10.1. The summed E-state index contributed by atoms with van der Waals surface area (Å²) in [4.78, 5) is 0. The van der Waals surface area contributed by atoms with Gasteiger partial charge >= 0.3 is 0 Å². The lowest BCUT2D eigenvalue weighted by Gasteiger charge is -2.34. The Bertz CT molecular complexity index is 444. The van der Waals surface area contributed by atoms with Crippen LogP contribution in [0.15, 0.2) is 12.1 Å². The Labute approximate surface area is 126 Å². The van der Waals surface area contributed by atoms with Crippen molar-refractivity contribution in [2.24, 2.45) is 0 Å². The smallest absolute Gasteiger partial charge is 0.203 e. The lowest BCUT2D eigenvalue weighted by Crippen LogP contribution is -2.46. The third-order valence-corrected chi connectivity index (χ3v) is 4.04. The Morgan fingerprint density at radius 1 is 1.05 bits per heavy atom. The van der Waals surface area contributed by atoms with E-state index in [2.05, 4.69) is 12.2 Å². The van der Waals surface area contributed by atoms with Gasteiger partial charge in [-0.25, -0.2) is 0 Å². The predicted octanol–water partition coefficient (Wildman–Crippen LogP) is 2.37. The van der Waals surface area contributed by atoms with Gasteiger partial charge in [0.05, 0.1) is 21.3 Å². The van der Waals surface area contributed by atoms with Crippen LogP contribution in [0.2, 0.25) is 0 Å². The number of rotatable bonds is 6.